The Labute approximate surface area is 181 Å². The summed E-state index contributed by atoms with van der Waals surface area (Å²) in [5, 5.41) is 0. The third-order valence-corrected chi connectivity index (χ3v) is 11.4. The Kier molecular flexibility index (Phi) is 16.4. The third kappa shape index (κ3) is 9.76. The fraction of sp³-hybridized carbons (Fsp3) is 1.00. The highest BCUT2D eigenvalue weighted by atomic mass is 35.5. The van der Waals surface area contributed by atoms with Crippen LogP contribution in [0, 0.1) is 0 Å². The van der Waals surface area contributed by atoms with Gasteiger partial charge in [-0.2, -0.15) is 0 Å². The van der Waals surface area contributed by atoms with Crippen molar-refractivity contribution >= 4 is 38.4 Å². The van der Waals surface area contributed by atoms with Crippen LogP contribution in [-0.2, 0) is 22.7 Å². The molecule has 1 unspecified atom stereocenters. The molecule has 0 aromatic heterocycles. The molecule has 0 bridgehead atoms. The molecular weight excluding hydrogens is 447 g/mol. The molecule has 11 heteroatoms. The molecule has 1 atom stereocenters. The minimum absolute atomic E-state index is 0.899. The summed E-state index contributed by atoms with van der Waals surface area (Å²) < 4.78 is 34.6. The van der Waals surface area contributed by atoms with Crippen molar-refractivity contribution in [1.29, 1.82) is 0 Å². The first-order valence-electron chi connectivity index (χ1n) is 9.68. The average molecular weight is 487 g/mol. The van der Waals surface area contributed by atoms with Gasteiger partial charge in [0.25, 0.3) is 0 Å². The smallest absolute Gasteiger partial charge is 0.326 e. The van der Waals surface area contributed by atoms with Crippen molar-refractivity contribution in [3.63, 3.8) is 0 Å². The predicted octanol–water partition coefficient (Wildman–Crippen LogP) is 6.23. The standard InChI is InChI=1S/C13H30N.C4H10Cl2O6P2/c1-5-8-11-14(4,12-9-6-2)13-10-7-3;1-10-13(7,8)4(5,6)14(9,11-2)12-3/h5-13H2,1-4H3;1-3H3,(H,7,8)/q+1;. The fourth-order valence-electron chi connectivity index (χ4n) is 2.51. The van der Waals surface area contributed by atoms with E-state index in [1.807, 2.05) is 0 Å². The number of rotatable bonds is 14. The Balaban J connectivity index is 0. The van der Waals surface area contributed by atoms with Gasteiger partial charge in [0.15, 0.2) is 0 Å². The lowest BCUT2D eigenvalue weighted by Gasteiger charge is -2.34. The van der Waals surface area contributed by atoms with Crippen LogP contribution in [0.1, 0.15) is 59.3 Å². The molecule has 0 rings (SSSR count). The lowest BCUT2D eigenvalue weighted by atomic mass is 10.2. The Morgan fingerprint density at radius 2 is 1.14 bits per heavy atom. The maximum atomic E-state index is 11.7. The van der Waals surface area contributed by atoms with Crippen LogP contribution in [-0.4, -0.2) is 61.2 Å². The first-order chi connectivity index (χ1) is 12.9. The van der Waals surface area contributed by atoms with Gasteiger partial charge in [0.05, 0.1) is 26.7 Å². The van der Waals surface area contributed by atoms with Crippen molar-refractivity contribution in [2.75, 3.05) is 48.0 Å². The number of quaternary nitrogens is 1. The second-order valence-corrected chi connectivity index (χ2v) is 14.1. The normalized spacial score (nSPS) is 14.9. The molecule has 28 heavy (non-hydrogen) atoms. The van der Waals surface area contributed by atoms with Gasteiger partial charge in [-0.25, -0.2) is 0 Å². The van der Waals surface area contributed by atoms with Crippen molar-refractivity contribution in [1.82, 2.24) is 0 Å². The number of alkyl halides is 2. The van der Waals surface area contributed by atoms with E-state index < -0.39 is 19.0 Å². The largest absolute Gasteiger partial charge is 0.378 e. The molecule has 0 heterocycles. The molecule has 0 aliphatic heterocycles. The molecule has 0 spiro atoms. The summed E-state index contributed by atoms with van der Waals surface area (Å²) in [5.41, 5.74) is 0. The zero-order valence-corrected chi connectivity index (χ0v) is 21.8. The summed E-state index contributed by atoms with van der Waals surface area (Å²) >= 11 is 10.9. The monoisotopic (exact) mass is 486 g/mol. The minimum Gasteiger partial charge on any atom is -0.326 e. The van der Waals surface area contributed by atoms with Crippen LogP contribution in [0.5, 0.6) is 0 Å². The molecule has 0 aromatic rings. The Morgan fingerprint density at radius 1 is 0.821 bits per heavy atom. The predicted molar refractivity (Wildman–Crippen MR) is 118 cm³/mol. The third-order valence-electron chi connectivity index (χ3n) is 4.55. The van der Waals surface area contributed by atoms with E-state index in [2.05, 4.69) is 41.4 Å². The molecule has 0 saturated carbocycles. The lowest BCUT2D eigenvalue weighted by molar-refractivity contribution is -0.910. The number of hydrogen-bond donors (Lipinski definition) is 1. The molecule has 0 saturated heterocycles. The number of hydrogen-bond acceptors (Lipinski definition) is 5. The molecule has 0 amide bonds. The quantitative estimate of drug-likeness (QED) is 0.178. The number of unbranched alkanes of at least 4 members (excludes halogenated alkanes) is 3. The second-order valence-electron chi connectivity index (χ2n) is 6.93. The van der Waals surface area contributed by atoms with Crippen LogP contribution in [0.15, 0.2) is 0 Å². The highest BCUT2D eigenvalue weighted by Crippen LogP contribution is 2.79. The first kappa shape index (κ1) is 31.0. The van der Waals surface area contributed by atoms with Gasteiger partial charge in [0.2, 0.25) is 0 Å². The Bertz CT molecular complexity index is 478. The van der Waals surface area contributed by atoms with Gasteiger partial charge in [-0.1, -0.05) is 63.2 Å². The molecule has 0 aromatic carbocycles. The van der Waals surface area contributed by atoms with E-state index in [4.69, 9.17) is 23.2 Å². The van der Waals surface area contributed by atoms with Crippen molar-refractivity contribution in [2.45, 2.75) is 63.1 Å². The molecule has 0 aliphatic carbocycles. The minimum atomic E-state index is -4.51. The number of nitrogens with zero attached hydrogens (tertiary/aromatic N) is 1. The van der Waals surface area contributed by atoms with Crippen molar-refractivity contribution in [3.8, 4) is 0 Å². The highest BCUT2D eigenvalue weighted by molar-refractivity contribution is 7.79. The SMILES string of the molecule is CCCC[N+](C)(CCCC)CCCC.COP(=O)(O)C(Cl)(Cl)P(=O)(OC)OC. The zero-order valence-electron chi connectivity index (χ0n) is 18.4. The summed E-state index contributed by atoms with van der Waals surface area (Å²) in [7, 11) is -3.33. The highest BCUT2D eigenvalue weighted by Gasteiger charge is 2.62. The van der Waals surface area contributed by atoms with Gasteiger partial charge in [0, 0.05) is 21.3 Å². The molecule has 7 nitrogen and oxygen atoms in total. The first-order valence-corrected chi connectivity index (χ1v) is 13.6. The van der Waals surface area contributed by atoms with Crippen LogP contribution in [0.4, 0.5) is 0 Å². The summed E-state index contributed by atoms with van der Waals surface area (Å²) in [5.74, 6) is 0. The zero-order chi connectivity index (χ0) is 22.5. The molecule has 0 aliphatic rings. The van der Waals surface area contributed by atoms with E-state index in [1.54, 1.807) is 0 Å². The topological polar surface area (TPSA) is 82.1 Å². The van der Waals surface area contributed by atoms with Gasteiger partial charge < -0.3 is 22.9 Å². The van der Waals surface area contributed by atoms with E-state index in [1.165, 1.54) is 62.6 Å². The van der Waals surface area contributed by atoms with Gasteiger partial charge >= 0.3 is 19.0 Å². The molecular formula is C17H40Cl2NO6P2+. The van der Waals surface area contributed by atoms with E-state index >= 15 is 0 Å². The molecule has 1 N–H and O–H groups in total. The molecule has 0 radical (unpaired) electrons. The summed E-state index contributed by atoms with van der Waals surface area (Å²) in [6.07, 6.45) is 8.20. The van der Waals surface area contributed by atoms with E-state index in [0.29, 0.717) is 0 Å². The summed E-state index contributed by atoms with van der Waals surface area (Å²) in [6, 6.07) is 0. The van der Waals surface area contributed by atoms with Gasteiger partial charge in [-0.3, -0.25) is 9.13 Å². The van der Waals surface area contributed by atoms with E-state index in [-0.39, 0.29) is 0 Å². The van der Waals surface area contributed by atoms with Gasteiger partial charge in [0.1, 0.15) is 0 Å². The second kappa shape index (κ2) is 14.8. The van der Waals surface area contributed by atoms with Crippen LogP contribution < -0.4 is 0 Å². The lowest BCUT2D eigenvalue weighted by Crippen LogP contribution is -2.46. The van der Waals surface area contributed by atoms with Gasteiger partial charge in [-0.15, -0.1) is 0 Å². The van der Waals surface area contributed by atoms with Crippen LogP contribution in [0.3, 0.4) is 0 Å². The van der Waals surface area contributed by atoms with Crippen LogP contribution in [0.25, 0.3) is 0 Å². The fourth-order valence-corrected chi connectivity index (χ4v) is 6.54. The van der Waals surface area contributed by atoms with Crippen LogP contribution >= 0.6 is 38.4 Å². The van der Waals surface area contributed by atoms with E-state index in [0.717, 1.165) is 21.3 Å². The maximum absolute atomic E-state index is 11.7. The molecule has 0 fully saturated rings. The van der Waals surface area contributed by atoms with Crippen molar-refractivity contribution in [2.24, 2.45) is 0 Å². The maximum Gasteiger partial charge on any atom is 0.378 e. The van der Waals surface area contributed by atoms with Crippen molar-refractivity contribution in [3.05, 3.63) is 0 Å². The Hall–Kier alpha value is 0.840. The summed E-state index contributed by atoms with van der Waals surface area (Å²) in [6.45, 7) is 11.0. The van der Waals surface area contributed by atoms with E-state index in [9.17, 15) is 14.0 Å². The Morgan fingerprint density at radius 3 is 1.36 bits per heavy atom. The number of halogens is 2. The average Bonchev–Trinajstić information content (AvgIpc) is 2.68. The van der Waals surface area contributed by atoms with Gasteiger partial charge in [-0.05, 0) is 19.3 Å². The van der Waals surface area contributed by atoms with Crippen molar-refractivity contribution < 1.29 is 32.1 Å². The molecule has 172 valence electrons. The summed E-state index contributed by atoms with van der Waals surface area (Å²) in [4.78, 5) is 9.19. The van der Waals surface area contributed by atoms with Crippen LogP contribution in [0.2, 0.25) is 0 Å².